The lowest BCUT2D eigenvalue weighted by Crippen LogP contribution is -1.95. The molecular formula is C9H8ClN3O. The zero-order valence-corrected chi connectivity index (χ0v) is 8.54. The molecule has 0 aromatic carbocycles. The Morgan fingerprint density at radius 2 is 2.29 bits per heavy atom. The summed E-state index contributed by atoms with van der Waals surface area (Å²) in [5, 5.41) is 5.22. The van der Waals surface area contributed by atoms with Gasteiger partial charge in [-0.15, -0.1) is 0 Å². The highest BCUT2D eigenvalue weighted by molar-refractivity contribution is 6.30. The number of rotatable bonds is 1. The van der Waals surface area contributed by atoms with E-state index in [-0.39, 0.29) is 5.78 Å². The van der Waals surface area contributed by atoms with E-state index in [2.05, 4.69) is 10.1 Å². The maximum atomic E-state index is 11.2. The van der Waals surface area contributed by atoms with Crippen LogP contribution in [-0.2, 0) is 7.05 Å². The van der Waals surface area contributed by atoms with Gasteiger partial charge in [-0.3, -0.25) is 9.48 Å². The van der Waals surface area contributed by atoms with Crippen LogP contribution in [0.4, 0.5) is 0 Å². The Morgan fingerprint density at radius 3 is 2.93 bits per heavy atom. The molecule has 0 unspecified atom stereocenters. The van der Waals surface area contributed by atoms with Crippen LogP contribution in [0.5, 0.6) is 0 Å². The van der Waals surface area contributed by atoms with Crippen LogP contribution in [0, 0.1) is 0 Å². The van der Waals surface area contributed by atoms with E-state index in [1.807, 2.05) is 0 Å². The molecule has 0 saturated carbocycles. The number of aromatic nitrogens is 3. The molecule has 4 nitrogen and oxygen atoms in total. The molecule has 0 aliphatic rings. The van der Waals surface area contributed by atoms with Crippen molar-refractivity contribution in [2.24, 2.45) is 7.05 Å². The number of ketones is 1. The quantitative estimate of drug-likeness (QED) is 0.532. The highest BCUT2D eigenvalue weighted by atomic mass is 35.5. The first-order chi connectivity index (χ1) is 6.59. The van der Waals surface area contributed by atoms with E-state index in [0.29, 0.717) is 10.8 Å². The van der Waals surface area contributed by atoms with Crippen LogP contribution in [0.3, 0.4) is 0 Å². The summed E-state index contributed by atoms with van der Waals surface area (Å²) in [6, 6.07) is 1.65. The second-order valence-corrected chi connectivity index (χ2v) is 3.44. The minimum Gasteiger partial charge on any atom is -0.293 e. The normalized spacial score (nSPS) is 10.8. The Hall–Kier alpha value is -1.42. The molecule has 0 radical (unpaired) electrons. The zero-order chi connectivity index (χ0) is 10.3. The predicted molar refractivity (Wildman–Crippen MR) is 53.5 cm³/mol. The predicted octanol–water partition coefficient (Wildman–Crippen LogP) is 1.82. The largest absolute Gasteiger partial charge is 0.293 e. The van der Waals surface area contributed by atoms with Gasteiger partial charge in [0.05, 0.1) is 11.7 Å². The molecule has 2 rings (SSSR count). The van der Waals surface area contributed by atoms with E-state index in [9.17, 15) is 4.79 Å². The second kappa shape index (κ2) is 3.06. The minimum absolute atomic E-state index is 0.0714. The third-order valence-electron chi connectivity index (χ3n) is 2.04. The highest BCUT2D eigenvalue weighted by Crippen LogP contribution is 2.20. The number of Topliss-reactive ketones (excluding diaryl/α,β-unsaturated/α-hetero) is 1. The van der Waals surface area contributed by atoms with Crippen molar-refractivity contribution in [3.63, 3.8) is 0 Å². The van der Waals surface area contributed by atoms with E-state index in [4.69, 9.17) is 11.6 Å². The van der Waals surface area contributed by atoms with Gasteiger partial charge in [0.2, 0.25) is 0 Å². The maximum Gasteiger partial charge on any atom is 0.180 e. The van der Waals surface area contributed by atoms with Crippen LogP contribution in [0.1, 0.15) is 17.4 Å². The number of carbonyl (C=O) groups excluding carboxylic acids is 1. The third-order valence-corrected chi connectivity index (χ3v) is 2.24. The lowest BCUT2D eigenvalue weighted by atomic mass is 10.2. The number of hydrogen-bond donors (Lipinski definition) is 0. The van der Waals surface area contributed by atoms with Crippen LogP contribution >= 0.6 is 11.6 Å². The highest BCUT2D eigenvalue weighted by Gasteiger charge is 2.12. The molecule has 0 saturated heterocycles. The van der Waals surface area contributed by atoms with Crippen molar-refractivity contribution in [2.45, 2.75) is 6.92 Å². The van der Waals surface area contributed by atoms with Gasteiger partial charge in [0.1, 0.15) is 10.8 Å². The second-order valence-electron chi connectivity index (χ2n) is 3.05. The number of halogens is 1. The minimum atomic E-state index is -0.0714. The Bertz CT molecular complexity index is 518. The first kappa shape index (κ1) is 9.15. The summed E-state index contributed by atoms with van der Waals surface area (Å²) in [6.45, 7) is 1.48. The smallest absolute Gasteiger partial charge is 0.180 e. The van der Waals surface area contributed by atoms with Gasteiger partial charge >= 0.3 is 0 Å². The molecule has 0 aliphatic heterocycles. The molecule has 0 bridgehead atoms. The van der Waals surface area contributed by atoms with E-state index in [1.54, 1.807) is 24.0 Å². The van der Waals surface area contributed by atoms with Crippen molar-refractivity contribution < 1.29 is 4.79 Å². The van der Waals surface area contributed by atoms with Crippen LogP contribution in [-0.4, -0.2) is 20.5 Å². The fourth-order valence-corrected chi connectivity index (χ4v) is 1.55. The molecule has 0 spiro atoms. The maximum absolute atomic E-state index is 11.2. The SMILES string of the molecule is CC(=O)c1nn(C)c2cnc(Cl)cc12. The number of fused-ring (bicyclic) bond motifs is 1. The lowest BCUT2D eigenvalue weighted by molar-refractivity contribution is 0.101. The Labute approximate surface area is 85.5 Å². The summed E-state index contributed by atoms with van der Waals surface area (Å²) in [4.78, 5) is 15.2. The van der Waals surface area contributed by atoms with Gasteiger partial charge in [-0.1, -0.05) is 11.6 Å². The molecule has 0 fully saturated rings. The van der Waals surface area contributed by atoms with Gasteiger partial charge in [0.25, 0.3) is 0 Å². The molecule has 0 amide bonds. The van der Waals surface area contributed by atoms with Crippen molar-refractivity contribution in [3.8, 4) is 0 Å². The summed E-state index contributed by atoms with van der Waals surface area (Å²) >= 11 is 5.75. The van der Waals surface area contributed by atoms with Gasteiger partial charge in [0, 0.05) is 19.4 Å². The summed E-state index contributed by atoms with van der Waals surface area (Å²) < 4.78 is 1.62. The third kappa shape index (κ3) is 1.28. The molecule has 2 heterocycles. The molecule has 2 aromatic rings. The van der Waals surface area contributed by atoms with E-state index in [1.165, 1.54) is 6.92 Å². The van der Waals surface area contributed by atoms with Crippen molar-refractivity contribution in [1.82, 2.24) is 14.8 Å². The van der Waals surface area contributed by atoms with E-state index >= 15 is 0 Å². The number of nitrogens with zero attached hydrogens (tertiary/aromatic N) is 3. The molecule has 72 valence electrons. The number of hydrogen-bond acceptors (Lipinski definition) is 3. The average Bonchev–Trinajstić information content (AvgIpc) is 2.43. The molecule has 2 aromatic heterocycles. The molecule has 0 aliphatic carbocycles. The Kier molecular flexibility index (Phi) is 2.00. The fraction of sp³-hybridized carbons (Fsp3) is 0.222. The van der Waals surface area contributed by atoms with Gasteiger partial charge in [0.15, 0.2) is 5.78 Å². The van der Waals surface area contributed by atoms with Crippen molar-refractivity contribution in [1.29, 1.82) is 0 Å². The summed E-state index contributed by atoms with van der Waals surface area (Å²) in [5.41, 5.74) is 1.24. The van der Waals surface area contributed by atoms with Crippen molar-refractivity contribution >= 4 is 28.3 Å². The van der Waals surface area contributed by atoms with Gasteiger partial charge in [-0.25, -0.2) is 4.98 Å². The van der Waals surface area contributed by atoms with Gasteiger partial charge in [-0.05, 0) is 6.07 Å². The fourth-order valence-electron chi connectivity index (χ4n) is 1.39. The molecule has 0 atom stereocenters. The summed E-state index contributed by atoms with van der Waals surface area (Å²) in [5.74, 6) is -0.0714. The van der Waals surface area contributed by atoms with Crippen molar-refractivity contribution in [3.05, 3.63) is 23.1 Å². The van der Waals surface area contributed by atoms with Crippen molar-refractivity contribution in [2.75, 3.05) is 0 Å². The van der Waals surface area contributed by atoms with E-state index < -0.39 is 0 Å². The average molecular weight is 210 g/mol. The monoisotopic (exact) mass is 209 g/mol. The zero-order valence-electron chi connectivity index (χ0n) is 7.78. The number of aryl methyl sites for hydroxylation is 1. The molecule has 0 N–H and O–H groups in total. The molecule has 5 heteroatoms. The van der Waals surface area contributed by atoms with Crippen LogP contribution in [0.25, 0.3) is 10.9 Å². The standard InChI is InChI=1S/C9H8ClN3O/c1-5(14)9-6-3-8(10)11-4-7(6)13(2)12-9/h3-4H,1-2H3. The van der Waals surface area contributed by atoms with Crippen LogP contribution in [0.2, 0.25) is 5.15 Å². The van der Waals surface area contributed by atoms with Gasteiger partial charge in [-0.2, -0.15) is 5.10 Å². The van der Waals surface area contributed by atoms with E-state index in [0.717, 1.165) is 10.9 Å². The molecular weight excluding hydrogens is 202 g/mol. The van der Waals surface area contributed by atoms with Crippen LogP contribution in [0.15, 0.2) is 12.3 Å². The van der Waals surface area contributed by atoms with Gasteiger partial charge < -0.3 is 0 Å². The first-order valence-corrected chi connectivity index (χ1v) is 4.46. The topological polar surface area (TPSA) is 47.8 Å². The first-order valence-electron chi connectivity index (χ1n) is 4.09. The Morgan fingerprint density at radius 1 is 1.57 bits per heavy atom. The lowest BCUT2D eigenvalue weighted by Gasteiger charge is -1.92. The van der Waals surface area contributed by atoms with Crippen LogP contribution < -0.4 is 0 Å². The number of carbonyl (C=O) groups is 1. The molecule has 14 heavy (non-hydrogen) atoms. The summed E-state index contributed by atoms with van der Waals surface area (Å²) in [6.07, 6.45) is 1.61. The number of pyridine rings is 1. The summed E-state index contributed by atoms with van der Waals surface area (Å²) in [7, 11) is 1.77. The Balaban J connectivity index is 2.85.